The quantitative estimate of drug-likeness (QED) is 0.628. The zero-order chi connectivity index (χ0) is 16.5. The van der Waals surface area contributed by atoms with Gasteiger partial charge in [-0.1, -0.05) is 26.0 Å². The van der Waals surface area contributed by atoms with Crippen LogP contribution in [-0.4, -0.2) is 26.0 Å². The van der Waals surface area contributed by atoms with Crippen LogP contribution in [-0.2, 0) is 20.2 Å². The van der Waals surface area contributed by atoms with E-state index in [0.29, 0.717) is 0 Å². The van der Waals surface area contributed by atoms with E-state index in [-0.39, 0.29) is 5.92 Å². The Hall–Kier alpha value is -1.26. The van der Waals surface area contributed by atoms with Crippen molar-refractivity contribution in [1.29, 1.82) is 0 Å². The van der Waals surface area contributed by atoms with Crippen molar-refractivity contribution in [1.82, 2.24) is 0 Å². The summed E-state index contributed by atoms with van der Waals surface area (Å²) in [5.41, 5.74) is 0.837. The number of rotatable bonds is 6. The molecule has 0 bridgehead atoms. The lowest BCUT2D eigenvalue weighted by molar-refractivity contribution is 0.155. The second kappa shape index (κ2) is 5.85. The normalized spacial score (nSPS) is 14.7. The van der Waals surface area contributed by atoms with Gasteiger partial charge in [-0.05, 0) is 30.0 Å². The second-order valence-corrected chi connectivity index (χ2v) is 7.66. The lowest BCUT2D eigenvalue weighted by Crippen LogP contribution is -2.40. The summed E-state index contributed by atoms with van der Waals surface area (Å²) in [5.74, 6) is -0.305. The van der Waals surface area contributed by atoms with Crippen LogP contribution >= 0.6 is 0 Å². The summed E-state index contributed by atoms with van der Waals surface area (Å²) < 4.78 is 76.4. The third-order valence-corrected chi connectivity index (χ3v) is 5.70. The van der Waals surface area contributed by atoms with E-state index in [2.05, 4.69) is 4.18 Å². The molecule has 0 radical (unpaired) electrons. The van der Waals surface area contributed by atoms with Crippen molar-refractivity contribution in [2.24, 2.45) is 0 Å². The van der Waals surface area contributed by atoms with Gasteiger partial charge in [-0.2, -0.15) is 25.6 Å². The minimum absolute atomic E-state index is 0.176. The van der Waals surface area contributed by atoms with E-state index in [1.54, 1.807) is 0 Å². The predicted octanol–water partition coefficient (Wildman–Crippen LogP) is 2.35. The Bertz CT molecular complexity index is 695. The first-order chi connectivity index (χ1) is 9.42. The van der Waals surface area contributed by atoms with E-state index in [4.69, 9.17) is 4.55 Å². The molecule has 1 N–H and O–H groups in total. The summed E-state index contributed by atoms with van der Waals surface area (Å²) in [6, 6.07) is 5.20. The standard InChI is InChI=1S/C11H14F2O6S2/c1-3-8(2)9-4-6-10(7-5-9)19-21(17,18)11(12,13)20(14,15)16/h4-8H,3H2,1-2H3,(H,14,15,16). The molecule has 120 valence electrons. The first kappa shape index (κ1) is 17.8. The average Bonchev–Trinajstić information content (AvgIpc) is 2.36. The minimum atomic E-state index is -6.15. The molecule has 0 aliphatic heterocycles. The lowest BCUT2D eigenvalue weighted by Gasteiger charge is -2.14. The third kappa shape index (κ3) is 3.69. The van der Waals surface area contributed by atoms with Gasteiger partial charge in [0.15, 0.2) is 0 Å². The molecule has 0 saturated heterocycles. The monoisotopic (exact) mass is 344 g/mol. The molecule has 21 heavy (non-hydrogen) atoms. The highest BCUT2D eigenvalue weighted by Crippen LogP contribution is 2.31. The van der Waals surface area contributed by atoms with Crippen molar-refractivity contribution in [2.45, 2.75) is 30.8 Å². The Labute approximate surface area is 121 Å². The van der Waals surface area contributed by atoms with Gasteiger partial charge in [0.25, 0.3) is 0 Å². The molecule has 0 heterocycles. The molecule has 0 fully saturated rings. The highest BCUT2D eigenvalue weighted by Gasteiger charge is 2.59. The van der Waals surface area contributed by atoms with Crippen LogP contribution in [0.25, 0.3) is 0 Å². The first-order valence-corrected chi connectivity index (χ1v) is 8.66. The number of halogens is 2. The number of hydrogen-bond acceptors (Lipinski definition) is 5. The predicted molar refractivity (Wildman–Crippen MR) is 71.2 cm³/mol. The molecule has 1 unspecified atom stereocenters. The van der Waals surface area contributed by atoms with Gasteiger partial charge in [-0.15, -0.1) is 0 Å². The van der Waals surface area contributed by atoms with E-state index in [1.807, 2.05) is 13.8 Å². The van der Waals surface area contributed by atoms with E-state index >= 15 is 0 Å². The summed E-state index contributed by atoms with van der Waals surface area (Å²) in [7, 11) is -12.0. The SMILES string of the molecule is CCC(C)c1ccc(OS(=O)(=O)C(F)(F)S(=O)(=O)O)cc1. The molecule has 0 amide bonds. The van der Waals surface area contributed by atoms with Crippen LogP contribution < -0.4 is 4.18 Å². The van der Waals surface area contributed by atoms with E-state index in [1.165, 1.54) is 12.1 Å². The second-order valence-electron chi connectivity index (χ2n) is 4.35. The van der Waals surface area contributed by atoms with Gasteiger partial charge in [0.05, 0.1) is 0 Å². The Balaban J connectivity index is 3.06. The van der Waals surface area contributed by atoms with Crippen LogP contribution in [0.2, 0.25) is 0 Å². The first-order valence-electron chi connectivity index (χ1n) is 5.81. The van der Waals surface area contributed by atoms with Gasteiger partial charge >= 0.3 is 24.8 Å². The maximum absolute atomic E-state index is 13.1. The van der Waals surface area contributed by atoms with Gasteiger partial charge < -0.3 is 4.18 Å². The number of benzene rings is 1. The molecular weight excluding hydrogens is 330 g/mol. The molecule has 0 aromatic heterocycles. The summed E-state index contributed by atoms with van der Waals surface area (Å²) in [6.45, 7) is 3.85. The van der Waals surface area contributed by atoms with Crippen LogP contribution in [0.15, 0.2) is 24.3 Å². The van der Waals surface area contributed by atoms with Gasteiger partial charge in [-0.3, -0.25) is 4.55 Å². The smallest absolute Gasteiger partial charge is 0.377 e. The molecule has 1 rings (SSSR count). The van der Waals surface area contributed by atoms with Gasteiger partial charge in [0.2, 0.25) is 0 Å². The largest absolute Gasteiger partial charge is 0.506 e. The van der Waals surface area contributed by atoms with Crippen LogP contribution in [0.1, 0.15) is 31.7 Å². The summed E-state index contributed by atoms with van der Waals surface area (Å²) in [5, 5.41) is 0. The number of hydrogen-bond donors (Lipinski definition) is 1. The molecular formula is C11H14F2O6S2. The molecule has 0 spiro atoms. The van der Waals surface area contributed by atoms with E-state index in [0.717, 1.165) is 24.1 Å². The van der Waals surface area contributed by atoms with Crippen LogP contribution in [0, 0.1) is 0 Å². The molecule has 10 heteroatoms. The van der Waals surface area contributed by atoms with Crippen molar-refractivity contribution in [3.63, 3.8) is 0 Å². The third-order valence-electron chi connectivity index (χ3n) is 2.86. The van der Waals surface area contributed by atoms with Crippen molar-refractivity contribution in [3.05, 3.63) is 29.8 Å². The van der Waals surface area contributed by atoms with Crippen molar-refractivity contribution in [2.75, 3.05) is 0 Å². The molecule has 6 nitrogen and oxygen atoms in total. The fourth-order valence-electron chi connectivity index (χ4n) is 1.39. The lowest BCUT2D eigenvalue weighted by atomic mass is 9.99. The summed E-state index contributed by atoms with van der Waals surface area (Å²) in [4.78, 5) is 0. The van der Waals surface area contributed by atoms with Gasteiger partial charge in [0, 0.05) is 0 Å². The van der Waals surface area contributed by atoms with Crippen molar-refractivity contribution >= 4 is 20.2 Å². The van der Waals surface area contributed by atoms with E-state index in [9.17, 15) is 25.6 Å². The zero-order valence-electron chi connectivity index (χ0n) is 11.2. The van der Waals surface area contributed by atoms with Crippen molar-refractivity contribution in [3.8, 4) is 5.75 Å². The summed E-state index contributed by atoms with van der Waals surface area (Å²) in [6.07, 6.45) is 0.819. The Kier molecular flexibility index (Phi) is 4.96. The van der Waals surface area contributed by atoms with Crippen molar-refractivity contribution < 1.29 is 34.4 Å². The molecule has 0 saturated carbocycles. The summed E-state index contributed by atoms with van der Waals surface area (Å²) >= 11 is 0. The molecule has 1 aromatic rings. The molecule has 0 aliphatic rings. The van der Waals surface area contributed by atoms with Gasteiger partial charge in [0.1, 0.15) is 5.75 Å². The zero-order valence-corrected chi connectivity index (χ0v) is 12.8. The van der Waals surface area contributed by atoms with Crippen LogP contribution in [0.5, 0.6) is 5.75 Å². The molecule has 0 aliphatic carbocycles. The van der Waals surface area contributed by atoms with Gasteiger partial charge in [-0.25, -0.2) is 0 Å². The maximum Gasteiger partial charge on any atom is 0.506 e. The minimum Gasteiger partial charge on any atom is -0.377 e. The number of alkyl halides is 2. The fourth-order valence-corrected chi connectivity index (χ4v) is 2.99. The highest BCUT2D eigenvalue weighted by atomic mass is 32.3. The Morgan fingerprint density at radius 2 is 1.67 bits per heavy atom. The molecule has 1 aromatic carbocycles. The van der Waals surface area contributed by atoms with Crippen LogP contribution in [0.3, 0.4) is 0 Å². The topological polar surface area (TPSA) is 97.7 Å². The Morgan fingerprint density at radius 3 is 2.05 bits per heavy atom. The molecule has 1 atom stereocenters. The highest BCUT2D eigenvalue weighted by molar-refractivity contribution is 8.05. The maximum atomic E-state index is 13.1. The average molecular weight is 344 g/mol. The fraction of sp³-hybridized carbons (Fsp3) is 0.455. The Morgan fingerprint density at radius 1 is 1.19 bits per heavy atom. The van der Waals surface area contributed by atoms with Crippen LogP contribution in [0.4, 0.5) is 8.78 Å². The van der Waals surface area contributed by atoms with E-state index < -0.39 is 30.6 Å².